The third kappa shape index (κ3) is 17.8. The number of fused-ring (bicyclic) bond motifs is 4. The summed E-state index contributed by atoms with van der Waals surface area (Å²) in [4.78, 5) is 116. The number of aromatic carboxylic acids is 4. The van der Waals surface area contributed by atoms with Crippen molar-refractivity contribution >= 4 is 213 Å². The minimum absolute atomic E-state index is 0.00189. The van der Waals surface area contributed by atoms with E-state index in [0.717, 1.165) is 74.1 Å². The fourth-order valence-corrected chi connectivity index (χ4v) is 19.9. The Bertz CT molecular complexity index is 6420. The lowest BCUT2D eigenvalue weighted by atomic mass is 9.99. The van der Waals surface area contributed by atoms with Crippen molar-refractivity contribution in [2.24, 2.45) is 0 Å². The van der Waals surface area contributed by atoms with Crippen LogP contribution in [0.25, 0.3) is 85.4 Å². The predicted molar refractivity (Wildman–Crippen MR) is 437 cm³/mol. The van der Waals surface area contributed by atoms with Crippen molar-refractivity contribution in [3.63, 3.8) is 0 Å². The fourth-order valence-electron chi connectivity index (χ4n) is 11.7. The average Bonchev–Trinajstić information content (AvgIpc) is 1.67. The summed E-state index contributed by atoms with van der Waals surface area (Å²) >= 11 is 26.0. The molecule has 8 aromatic heterocycles. The smallest absolute Gasteiger partial charge is 0.337 e. The summed E-state index contributed by atoms with van der Waals surface area (Å²) in [6.07, 6.45) is -0.755. The second kappa shape index (κ2) is 35.0. The lowest BCUT2D eigenvalue weighted by Gasteiger charge is -2.07. The number of carbonyl (C=O) groups excluding carboxylic acids is 4. The minimum atomic E-state index is -1.36. The molecular formula is C81H44Cl3F7N4O12S8. The predicted octanol–water partition coefficient (Wildman–Crippen LogP) is 23.8. The molecule has 0 saturated carbocycles. The van der Waals surface area contributed by atoms with Crippen LogP contribution in [0, 0.1) is 47.6 Å². The van der Waals surface area contributed by atoms with Gasteiger partial charge in [-0.1, -0.05) is 95.5 Å². The van der Waals surface area contributed by atoms with Gasteiger partial charge < -0.3 is 20.4 Å². The molecule has 34 heteroatoms. The van der Waals surface area contributed by atoms with E-state index in [2.05, 4.69) is 19.9 Å². The number of para-hydroxylation sites is 2. The molecule has 0 radical (unpaired) electrons. The first-order valence-corrected chi connectivity index (χ1v) is 41.0. The Morgan fingerprint density at radius 1 is 0.339 bits per heavy atom. The number of aryl methyl sites for hydroxylation is 1. The third-order valence-electron chi connectivity index (χ3n) is 17.1. The maximum atomic E-state index is 14.4. The van der Waals surface area contributed by atoms with Crippen molar-refractivity contribution in [3.05, 3.63) is 296 Å². The van der Waals surface area contributed by atoms with Crippen LogP contribution in [0.4, 0.5) is 30.7 Å². The Kier molecular flexibility index (Phi) is 25.0. The number of ketones is 4. The van der Waals surface area contributed by atoms with Crippen molar-refractivity contribution in [1.82, 2.24) is 19.9 Å². The van der Waals surface area contributed by atoms with Gasteiger partial charge in [-0.15, -0.1) is 90.7 Å². The number of thiophene rings is 4. The molecule has 0 aliphatic carbocycles. The van der Waals surface area contributed by atoms with Crippen LogP contribution in [0.1, 0.15) is 106 Å². The molecule has 16 nitrogen and oxygen atoms in total. The molecule has 0 fully saturated rings. The van der Waals surface area contributed by atoms with Crippen molar-refractivity contribution in [1.29, 1.82) is 0 Å². The molecule has 8 heterocycles. The number of halogens is 10. The van der Waals surface area contributed by atoms with E-state index in [1.54, 1.807) is 89.6 Å². The van der Waals surface area contributed by atoms with Crippen molar-refractivity contribution < 1.29 is 89.5 Å². The largest absolute Gasteiger partial charge is 0.478 e. The van der Waals surface area contributed by atoms with Crippen LogP contribution in [0.2, 0.25) is 15.1 Å². The summed E-state index contributed by atoms with van der Waals surface area (Å²) in [5.74, 6) is -11.2. The first-order valence-electron chi connectivity index (χ1n) is 33.1. The van der Waals surface area contributed by atoms with Gasteiger partial charge in [-0.2, -0.15) is 0 Å². The van der Waals surface area contributed by atoms with E-state index in [0.29, 0.717) is 67.2 Å². The summed E-state index contributed by atoms with van der Waals surface area (Å²) in [5.41, 5.74) is 3.45. The van der Waals surface area contributed by atoms with Crippen LogP contribution in [0.15, 0.2) is 173 Å². The molecule has 0 aliphatic rings. The van der Waals surface area contributed by atoms with Gasteiger partial charge in [0.2, 0.25) is 0 Å². The Morgan fingerprint density at radius 3 is 1.03 bits per heavy atom. The highest BCUT2D eigenvalue weighted by atomic mass is 35.5. The maximum Gasteiger partial charge on any atom is 0.337 e. The molecule has 16 rings (SSSR count). The third-order valence-corrected chi connectivity index (χ3v) is 26.2. The maximum absolute atomic E-state index is 14.4. The molecule has 0 spiro atoms. The monoisotopic (exact) mass is 1760 g/mol. The molecule has 578 valence electrons. The standard InChI is InChI=1S/C21H12F3NO3S2.C20H10ClF2NO3S2.2C20H11ClFNO3S2/c1-9-5-6-10(18(24)17(9)23)11-8-29-15(16(11)21(27)28)7-13(26)20-25-19-12(22)3-2-4-14(19)30-20;21-9-4-5-10(13(23)6-9)11-8-28-16(17(11)20(26)27)7-15(25)19-24-14-3-1-2-12(22)18(14)29-19;21-11-6-4-10(5-7-11)12-9-27-16(17(12)20(25)26)8-14(24)19-23-18-13(22)2-1-3-15(18)28-19;21-11-6-4-10(5-7-11)12-9-27-16(17(12)20(25)26)8-15(24)19-23-14-3-1-2-13(22)18(14)28-19/h2-6,8H,7H2,1H3,(H,27,28);1-6,8H,7H2,(H,26,27);2*1-7,9H,8H2,(H,25,26). The van der Waals surface area contributed by atoms with E-state index in [1.165, 1.54) is 107 Å². The number of benzene rings is 8. The molecule has 0 atom stereocenters. The number of Topliss-reactive ketones (excluding diaryl/α,β-unsaturated/α-hetero) is 4. The van der Waals surface area contributed by atoms with Crippen LogP contribution in [0.3, 0.4) is 0 Å². The number of hydrogen-bond donors (Lipinski definition) is 4. The van der Waals surface area contributed by atoms with Gasteiger partial charge in [-0.05, 0) is 136 Å². The van der Waals surface area contributed by atoms with E-state index < -0.39 is 76.2 Å². The fraction of sp³-hybridized carbons (Fsp3) is 0.0617. The van der Waals surface area contributed by atoms with Gasteiger partial charge in [-0.25, -0.2) is 69.8 Å². The van der Waals surface area contributed by atoms with Crippen LogP contribution in [-0.2, 0) is 25.7 Å². The molecule has 0 amide bonds. The Hall–Kier alpha value is -10.9. The highest BCUT2D eigenvalue weighted by Crippen LogP contribution is 2.41. The number of hydrogen-bond acceptors (Lipinski definition) is 20. The topological polar surface area (TPSA) is 269 Å². The van der Waals surface area contributed by atoms with E-state index in [-0.39, 0.29) is 138 Å². The number of carbonyl (C=O) groups is 8. The first-order chi connectivity index (χ1) is 55.0. The van der Waals surface area contributed by atoms with E-state index in [1.807, 2.05) is 0 Å². The van der Waals surface area contributed by atoms with Gasteiger partial charge in [0.05, 0.1) is 52.1 Å². The highest BCUT2D eigenvalue weighted by Gasteiger charge is 2.30. The van der Waals surface area contributed by atoms with Crippen LogP contribution >= 0.6 is 125 Å². The molecule has 8 aromatic carbocycles. The van der Waals surface area contributed by atoms with Gasteiger partial charge in [-0.3, -0.25) is 19.2 Å². The molecule has 0 aliphatic heterocycles. The van der Waals surface area contributed by atoms with Gasteiger partial charge in [0.1, 0.15) is 40.1 Å². The second-order valence-corrected chi connectivity index (χ2v) is 33.8. The molecule has 0 unspecified atom stereocenters. The Morgan fingerprint density at radius 2 is 0.670 bits per heavy atom. The van der Waals surface area contributed by atoms with Gasteiger partial charge in [0, 0.05) is 93.6 Å². The van der Waals surface area contributed by atoms with Crippen LogP contribution in [-0.4, -0.2) is 87.4 Å². The minimum Gasteiger partial charge on any atom is -0.478 e. The zero-order valence-corrected chi connectivity index (χ0v) is 66.8. The summed E-state index contributed by atoms with van der Waals surface area (Å²) in [7, 11) is 0. The number of carboxylic acids is 4. The van der Waals surface area contributed by atoms with Crippen molar-refractivity contribution in [2.75, 3.05) is 0 Å². The summed E-state index contributed by atoms with van der Waals surface area (Å²) < 4.78 is 99.7. The second-order valence-electron chi connectivity index (χ2n) is 24.5. The lowest BCUT2D eigenvalue weighted by molar-refractivity contribution is 0.0686. The molecule has 0 saturated heterocycles. The summed E-state index contributed by atoms with van der Waals surface area (Å²) in [5, 5.41) is 46.8. The van der Waals surface area contributed by atoms with Crippen LogP contribution in [0.5, 0.6) is 0 Å². The lowest BCUT2D eigenvalue weighted by Crippen LogP contribution is -2.07. The number of thiazole rings is 4. The Balaban J connectivity index is 0.000000134. The molecule has 115 heavy (non-hydrogen) atoms. The van der Waals surface area contributed by atoms with Crippen molar-refractivity contribution in [3.8, 4) is 44.5 Å². The first kappa shape index (κ1) is 82.1. The normalized spacial score (nSPS) is 11.1. The molecule has 4 N–H and O–H groups in total. The number of nitrogens with zero attached hydrogens (tertiary/aromatic N) is 4. The molecular weight excluding hydrogens is 1720 g/mol. The van der Waals surface area contributed by atoms with Crippen molar-refractivity contribution in [2.45, 2.75) is 32.6 Å². The Labute approximate surface area is 690 Å². The molecule has 16 aromatic rings. The zero-order valence-electron chi connectivity index (χ0n) is 58.0. The average molecular weight is 1760 g/mol. The van der Waals surface area contributed by atoms with E-state index in [4.69, 9.17) is 34.8 Å². The number of carboxylic acid groups (broad SMARTS) is 4. The zero-order chi connectivity index (χ0) is 82.0. The van der Waals surface area contributed by atoms with Gasteiger partial charge >= 0.3 is 23.9 Å². The van der Waals surface area contributed by atoms with Crippen LogP contribution < -0.4 is 0 Å². The quantitative estimate of drug-likeness (QED) is 0.0408. The van der Waals surface area contributed by atoms with Gasteiger partial charge in [0.25, 0.3) is 0 Å². The number of rotatable bonds is 20. The number of aromatic nitrogens is 4. The SMILES string of the molecule is Cc1ccc(-c2csc(CC(=O)c3nc4c(F)cccc4s3)c2C(=O)O)c(F)c1F.O=C(Cc1scc(-c2ccc(Cl)cc2)c1C(=O)O)c1nc2c(F)cccc2s1.O=C(Cc1scc(-c2ccc(Cl)cc2)c1C(=O)O)c1nc2cccc(F)c2s1.O=C(Cc1scc(-c2ccc(Cl)cc2F)c1C(=O)O)c1nc2cccc(F)c2s1. The van der Waals surface area contributed by atoms with E-state index in [9.17, 15) is 89.5 Å². The van der Waals surface area contributed by atoms with Gasteiger partial charge in [0.15, 0.2) is 54.8 Å². The summed E-state index contributed by atoms with van der Waals surface area (Å²) in [6, 6.07) is 38.1. The molecule has 0 bridgehead atoms. The van der Waals surface area contributed by atoms with E-state index >= 15 is 0 Å². The summed E-state index contributed by atoms with van der Waals surface area (Å²) in [6.45, 7) is 1.40. The highest BCUT2D eigenvalue weighted by molar-refractivity contribution is 7.22.